The zero-order valence-corrected chi connectivity index (χ0v) is 15.0. The van der Waals surface area contributed by atoms with E-state index >= 15 is 0 Å². The normalized spacial score (nSPS) is 15.7. The van der Waals surface area contributed by atoms with Gasteiger partial charge in [-0.3, -0.25) is 4.79 Å². The summed E-state index contributed by atoms with van der Waals surface area (Å²) in [5, 5.41) is 2.92. The fourth-order valence-electron chi connectivity index (χ4n) is 2.95. The van der Waals surface area contributed by atoms with Crippen molar-refractivity contribution < 1.29 is 14.3 Å². The molecule has 0 atom stereocenters. The minimum absolute atomic E-state index is 0.0899. The summed E-state index contributed by atoms with van der Waals surface area (Å²) in [6.45, 7) is 4.13. The molecule has 0 unspecified atom stereocenters. The average molecular weight is 344 g/mol. The Labute approximate surface area is 150 Å². The topological polar surface area (TPSA) is 58.6 Å². The van der Waals surface area contributed by atoms with Gasteiger partial charge in [0.2, 0.25) is 5.91 Å². The summed E-state index contributed by atoms with van der Waals surface area (Å²) >= 11 is 0. The van der Waals surface area contributed by atoms with E-state index in [0.717, 1.165) is 18.5 Å². The van der Waals surface area contributed by atoms with Gasteiger partial charge < -0.3 is 15.0 Å². The van der Waals surface area contributed by atoms with Crippen LogP contribution in [-0.2, 0) is 9.53 Å². The maximum atomic E-state index is 11.9. The van der Waals surface area contributed by atoms with Crippen molar-refractivity contribution in [2.75, 3.05) is 33.3 Å². The Hall–Kier alpha value is -2.14. The third-order valence-corrected chi connectivity index (χ3v) is 4.41. The summed E-state index contributed by atoms with van der Waals surface area (Å²) in [4.78, 5) is 25.7. The molecular formula is C20H28N2O3. The zero-order valence-electron chi connectivity index (χ0n) is 15.0. The van der Waals surface area contributed by atoms with Crippen LogP contribution in [0.1, 0.15) is 48.0 Å². The quantitative estimate of drug-likeness (QED) is 0.469. The van der Waals surface area contributed by atoms with Crippen molar-refractivity contribution in [3.63, 3.8) is 0 Å². The van der Waals surface area contributed by atoms with Crippen molar-refractivity contribution in [3.8, 4) is 0 Å². The predicted octanol–water partition coefficient (Wildman–Crippen LogP) is 2.87. The average Bonchev–Trinajstić information content (AvgIpc) is 2.92. The first-order valence-electron chi connectivity index (χ1n) is 9.05. The van der Waals surface area contributed by atoms with Crippen molar-refractivity contribution in [1.82, 2.24) is 10.2 Å². The fourth-order valence-corrected chi connectivity index (χ4v) is 2.95. The van der Waals surface area contributed by atoms with E-state index in [2.05, 4.69) is 15.0 Å². The van der Waals surface area contributed by atoms with Gasteiger partial charge in [-0.1, -0.05) is 25.0 Å². The molecule has 1 fully saturated rings. The number of nitrogens with zero attached hydrogens (tertiary/aromatic N) is 1. The van der Waals surface area contributed by atoms with Gasteiger partial charge in [0.05, 0.1) is 12.7 Å². The van der Waals surface area contributed by atoms with Crippen molar-refractivity contribution in [2.24, 2.45) is 0 Å². The number of nitrogens with one attached hydrogen (secondary N) is 1. The monoisotopic (exact) mass is 344 g/mol. The Morgan fingerprint density at radius 1 is 1.12 bits per heavy atom. The van der Waals surface area contributed by atoms with E-state index in [0.29, 0.717) is 12.1 Å². The van der Waals surface area contributed by atoms with Gasteiger partial charge in [-0.15, -0.1) is 0 Å². The summed E-state index contributed by atoms with van der Waals surface area (Å²) in [5.41, 5.74) is 1.37. The molecule has 0 bridgehead atoms. The molecule has 1 aromatic carbocycles. The van der Waals surface area contributed by atoms with Gasteiger partial charge in [0.15, 0.2) is 0 Å². The standard InChI is InChI=1S/C20H28N2O3/c1-25-20(24)18-10-7-17(8-11-18)9-12-19(23)21-13-6-16-22-14-4-2-3-5-15-22/h7-12H,2-6,13-16H2,1H3,(H,21,23)/b12-9+. The Kier molecular flexibility index (Phi) is 8.19. The highest BCUT2D eigenvalue weighted by Crippen LogP contribution is 2.09. The van der Waals surface area contributed by atoms with E-state index in [4.69, 9.17) is 0 Å². The second-order valence-corrected chi connectivity index (χ2v) is 6.35. The van der Waals surface area contributed by atoms with Crippen LogP contribution in [0.3, 0.4) is 0 Å². The number of carbonyl (C=O) groups is 2. The summed E-state index contributed by atoms with van der Waals surface area (Å²) in [6.07, 6.45) is 9.53. The Morgan fingerprint density at radius 2 is 1.80 bits per heavy atom. The number of hydrogen-bond donors (Lipinski definition) is 1. The molecule has 2 rings (SSSR count). The van der Waals surface area contributed by atoms with E-state index in [1.807, 2.05) is 0 Å². The highest BCUT2D eigenvalue weighted by molar-refractivity contribution is 5.92. The van der Waals surface area contributed by atoms with Crippen LogP contribution in [0.4, 0.5) is 0 Å². The molecule has 1 saturated heterocycles. The maximum absolute atomic E-state index is 11.9. The van der Waals surface area contributed by atoms with Crippen molar-refractivity contribution in [1.29, 1.82) is 0 Å². The largest absolute Gasteiger partial charge is 0.465 e. The summed E-state index contributed by atoms with van der Waals surface area (Å²) < 4.78 is 4.66. The van der Waals surface area contributed by atoms with Crippen molar-refractivity contribution >= 4 is 18.0 Å². The SMILES string of the molecule is COC(=O)c1ccc(/C=C/C(=O)NCCCN2CCCCCC2)cc1. The van der Waals surface area contributed by atoms with Crippen LogP contribution < -0.4 is 5.32 Å². The number of rotatable bonds is 7. The molecule has 1 aromatic rings. The van der Waals surface area contributed by atoms with Gasteiger partial charge in [-0.2, -0.15) is 0 Å². The number of methoxy groups -OCH3 is 1. The zero-order chi connectivity index (χ0) is 17.9. The second-order valence-electron chi connectivity index (χ2n) is 6.35. The molecule has 0 saturated carbocycles. The van der Waals surface area contributed by atoms with Gasteiger partial charge in [0, 0.05) is 12.6 Å². The third-order valence-electron chi connectivity index (χ3n) is 4.41. The summed E-state index contributed by atoms with van der Waals surface area (Å²) in [7, 11) is 1.35. The third kappa shape index (κ3) is 7.10. The van der Waals surface area contributed by atoms with Crippen LogP contribution in [-0.4, -0.2) is 50.1 Å². The van der Waals surface area contributed by atoms with E-state index in [9.17, 15) is 9.59 Å². The maximum Gasteiger partial charge on any atom is 0.337 e. The molecule has 1 aliphatic heterocycles. The van der Waals surface area contributed by atoms with Gasteiger partial charge in [-0.05, 0) is 62.7 Å². The number of esters is 1. The Balaban J connectivity index is 1.67. The lowest BCUT2D eigenvalue weighted by Crippen LogP contribution is -2.30. The van der Waals surface area contributed by atoms with Crippen LogP contribution in [0.25, 0.3) is 6.08 Å². The van der Waals surface area contributed by atoms with Gasteiger partial charge in [0.25, 0.3) is 0 Å². The first kappa shape index (κ1) is 19.2. The predicted molar refractivity (Wildman–Crippen MR) is 99.4 cm³/mol. The van der Waals surface area contributed by atoms with E-state index < -0.39 is 0 Å². The molecule has 0 spiro atoms. The minimum atomic E-state index is -0.363. The molecule has 1 heterocycles. The number of ether oxygens (including phenoxy) is 1. The minimum Gasteiger partial charge on any atom is -0.465 e. The van der Waals surface area contributed by atoms with Crippen LogP contribution >= 0.6 is 0 Å². The lowest BCUT2D eigenvalue weighted by molar-refractivity contribution is -0.116. The Bertz CT molecular complexity index is 573. The van der Waals surface area contributed by atoms with Gasteiger partial charge >= 0.3 is 5.97 Å². The molecular weight excluding hydrogens is 316 g/mol. The molecule has 1 amide bonds. The lowest BCUT2D eigenvalue weighted by Gasteiger charge is -2.19. The summed E-state index contributed by atoms with van der Waals surface area (Å²) in [5.74, 6) is -0.453. The number of hydrogen-bond acceptors (Lipinski definition) is 4. The fraction of sp³-hybridized carbons (Fsp3) is 0.500. The molecule has 0 aromatic heterocycles. The van der Waals surface area contributed by atoms with Gasteiger partial charge in [0.1, 0.15) is 0 Å². The smallest absolute Gasteiger partial charge is 0.337 e. The highest BCUT2D eigenvalue weighted by atomic mass is 16.5. The van der Waals surface area contributed by atoms with E-state index in [1.54, 1.807) is 30.3 Å². The highest BCUT2D eigenvalue weighted by Gasteiger charge is 2.08. The lowest BCUT2D eigenvalue weighted by atomic mass is 10.1. The second kappa shape index (κ2) is 10.7. The number of benzene rings is 1. The molecule has 0 radical (unpaired) electrons. The number of carbonyl (C=O) groups excluding carboxylic acids is 2. The number of likely N-dealkylation sites (tertiary alicyclic amines) is 1. The molecule has 5 nitrogen and oxygen atoms in total. The summed E-state index contributed by atoms with van der Waals surface area (Å²) in [6, 6.07) is 6.94. The van der Waals surface area contributed by atoms with Crippen LogP contribution in [0.2, 0.25) is 0 Å². The van der Waals surface area contributed by atoms with Gasteiger partial charge in [-0.25, -0.2) is 4.79 Å². The van der Waals surface area contributed by atoms with Crippen molar-refractivity contribution in [3.05, 3.63) is 41.5 Å². The van der Waals surface area contributed by atoms with Crippen LogP contribution in [0.15, 0.2) is 30.3 Å². The first-order valence-corrected chi connectivity index (χ1v) is 9.05. The molecule has 25 heavy (non-hydrogen) atoms. The Morgan fingerprint density at radius 3 is 2.44 bits per heavy atom. The molecule has 1 N–H and O–H groups in total. The van der Waals surface area contributed by atoms with Crippen LogP contribution in [0.5, 0.6) is 0 Å². The van der Waals surface area contributed by atoms with E-state index in [-0.39, 0.29) is 11.9 Å². The van der Waals surface area contributed by atoms with Crippen LogP contribution in [0, 0.1) is 0 Å². The van der Waals surface area contributed by atoms with Crippen molar-refractivity contribution in [2.45, 2.75) is 32.1 Å². The molecule has 136 valence electrons. The molecule has 5 heteroatoms. The molecule has 1 aliphatic rings. The first-order chi connectivity index (χ1) is 12.2. The van der Waals surface area contributed by atoms with E-state index in [1.165, 1.54) is 52.0 Å². The number of amides is 1. The molecule has 0 aliphatic carbocycles.